The highest BCUT2D eigenvalue weighted by atomic mass is 35.5. The Kier molecular flexibility index (Phi) is 14.2. The first kappa shape index (κ1) is 39.7. The van der Waals surface area contributed by atoms with Gasteiger partial charge in [0.1, 0.15) is 34.5 Å². The van der Waals surface area contributed by atoms with Crippen LogP contribution < -0.4 is 40.8 Å². The summed E-state index contributed by atoms with van der Waals surface area (Å²) in [6, 6.07) is 31.3. The molecule has 0 spiro atoms. The predicted molar refractivity (Wildman–Crippen MR) is 192 cm³/mol. The molecule has 53 heavy (non-hydrogen) atoms. The highest BCUT2D eigenvalue weighted by Gasteiger charge is 2.18. The summed E-state index contributed by atoms with van der Waals surface area (Å²) < 4.78 is 36.7. The Bertz CT molecular complexity index is 1810. The summed E-state index contributed by atoms with van der Waals surface area (Å²) in [5.74, 6) is 2.48. The molecule has 2 aromatic heterocycles. The highest BCUT2D eigenvalue weighted by Crippen LogP contribution is 2.33. The van der Waals surface area contributed by atoms with Crippen LogP contribution in [0.3, 0.4) is 0 Å². The average molecular weight is 742 g/mol. The molecule has 4 aromatic carbocycles. The number of aromatic nitrogens is 6. The van der Waals surface area contributed by atoms with Gasteiger partial charge in [0.2, 0.25) is 0 Å². The van der Waals surface area contributed by atoms with Gasteiger partial charge in [-0.1, -0.05) is 48.5 Å². The third-order valence-electron chi connectivity index (χ3n) is 8.18. The van der Waals surface area contributed by atoms with E-state index in [9.17, 15) is 0 Å². The molecule has 7 rings (SSSR count). The molecular formula is C38H40ClN7O7. The fourth-order valence-electron chi connectivity index (χ4n) is 5.07. The van der Waals surface area contributed by atoms with Gasteiger partial charge in [-0.3, -0.25) is 0 Å². The number of nitrogens with zero attached hydrogens (tertiary/aromatic N) is 7. The molecule has 0 unspecified atom stereocenters. The quantitative estimate of drug-likeness (QED) is 0.188. The molecule has 14 nitrogen and oxygen atoms in total. The van der Waals surface area contributed by atoms with Gasteiger partial charge in [-0.15, -0.1) is 29.9 Å². The lowest BCUT2D eigenvalue weighted by Crippen LogP contribution is -3.00. The topological polar surface area (TPSA) is 164 Å². The maximum Gasteiger partial charge on any atom is 0.331 e. The number of fused-ring (bicyclic) bond motifs is 8. The van der Waals surface area contributed by atoms with Gasteiger partial charge in [-0.25, -0.2) is 0 Å². The van der Waals surface area contributed by atoms with Crippen molar-refractivity contribution in [3.05, 3.63) is 109 Å². The van der Waals surface area contributed by atoms with Gasteiger partial charge >= 0.3 is 36.1 Å². The number of benzene rings is 4. The number of para-hydroxylation sites is 2. The van der Waals surface area contributed by atoms with Gasteiger partial charge in [0.15, 0.2) is 0 Å². The second-order valence-corrected chi connectivity index (χ2v) is 11.2. The molecule has 1 aliphatic rings. The van der Waals surface area contributed by atoms with Gasteiger partial charge in [-0.2, -0.15) is 0 Å². The van der Waals surface area contributed by atoms with Crippen molar-refractivity contribution < 1.29 is 50.8 Å². The van der Waals surface area contributed by atoms with E-state index in [1.165, 1.54) is 30.7 Å². The molecule has 3 heterocycles. The van der Waals surface area contributed by atoms with Crippen LogP contribution in [0.15, 0.2) is 109 Å². The Labute approximate surface area is 313 Å². The Hall–Kier alpha value is -6.09. The maximum atomic E-state index is 5.95. The monoisotopic (exact) mass is 741 g/mol. The van der Waals surface area contributed by atoms with Crippen LogP contribution in [0.25, 0.3) is 0 Å². The van der Waals surface area contributed by atoms with Crippen LogP contribution in [0.2, 0.25) is 0 Å². The number of hydrogen-bond acceptors (Lipinski definition) is 12. The van der Waals surface area contributed by atoms with Crippen LogP contribution in [-0.4, -0.2) is 66.0 Å². The number of halogens is 1. The van der Waals surface area contributed by atoms with Gasteiger partial charge in [0, 0.05) is 12.1 Å². The lowest BCUT2D eigenvalue weighted by Gasteiger charge is -2.34. The number of hydrogen-bond donors (Lipinski definition) is 0. The molecule has 8 bridgehead atoms. The van der Waals surface area contributed by atoms with Crippen molar-refractivity contribution in [1.29, 1.82) is 0 Å². The predicted octanol–water partition coefficient (Wildman–Crippen LogP) is 5.19. The van der Waals surface area contributed by atoms with Crippen molar-refractivity contribution in [2.24, 2.45) is 0 Å². The Balaban J connectivity index is 0.000000509. The first-order valence-corrected chi connectivity index (χ1v) is 16.7. The Morgan fingerprint density at radius 3 is 1.00 bits per heavy atom. The summed E-state index contributed by atoms with van der Waals surface area (Å²) in [4.78, 5) is 25.8. The van der Waals surface area contributed by atoms with Crippen molar-refractivity contribution in [2.45, 2.75) is 27.7 Å². The van der Waals surface area contributed by atoms with Crippen LogP contribution >= 0.6 is 0 Å². The fourth-order valence-corrected chi connectivity index (χ4v) is 5.07. The lowest BCUT2D eigenvalue weighted by atomic mass is 10.3. The summed E-state index contributed by atoms with van der Waals surface area (Å²) in [7, 11) is 0. The number of rotatable bonds is 8. The lowest BCUT2D eigenvalue weighted by molar-refractivity contribution is -0.921. The van der Waals surface area contributed by atoms with Crippen molar-refractivity contribution >= 4 is 0 Å². The summed E-state index contributed by atoms with van der Waals surface area (Å²) >= 11 is 0. The van der Waals surface area contributed by atoms with E-state index in [-0.39, 0.29) is 53.9 Å². The van der Waals surface area contributed by atoms with E-state index < -0.39 is 0 Å². The molecule has 2 N–H and O–H groups in total. The van der Waals surface area contributed by atoms with Crippen LogP contribution in [-0.2, 0) is 0 Å². The summed E-state index contributed by atoms with van der Waals surface area (Å²) in [5.41, 5.74) is 0. The maximum absolute atomic E-state index is 5.95. The van der Waals surface area contributed by atoms with Crippen molar-refractivity contribution in [2.75, 3.05) is 26.2 Å². The normalized spacial score (nSPS) is 11.2. The first-order chi connectivity index (χ1) is 24.9. The highest BCUT2D eigenvalue weighted by molar-refractivity contribution is 5.39. The van der Waals surface area contributed by atoms with Crippen LogP contribution in [0.5, 0.6) is 70.6 Å². The zero-order valence-electron chi connectivity index (χ0n) is 29.7. The molecule has 15 heteroatoms. The van der Waals surface area contributed by atoms with Crippen molar-refractivity contribution in [1.82, 2.24) is 29.9 Å². The van der Waals surface area contributed by atoms with E-state index in [1.807, 2.05) is 36.4 Å². The number of quaternary nitrogens is 1. The van der Waals surface area contributed by atoms with Crippen molar-refractivity contribution in [3.63, 3.8) is 0 Å². The van der Waals surface area contributed by atoms with Gasteiger partial charge in [0.25, 0.3) is 0 Å². The average Bonchev–Trinajstić information content (AvgIpc) is 3.14. The number of ether oxygens (including phenoxy) is 6. The standard InChI is InChI=1S/C30H18N6O6.C8H20N.ClH.H2O/c1-3-9-19(10-4-1)37-25-31-27-35-28(32-25)40-22-14-8-16-24(18-22)42-30-34-26(38-20-11-5-2-6-12-20)33-29(36-30)41-23-15-7-13-21(17-23)39-27;1-5-9(6-2,7-3)8-4;;/h1-18H;5-8H2,1-4H3;1H;1H2/q;+1;;/p-1. The molecule has 6 aromatic rings. The first-order valence-electron chi connectivity index (χ1n) is 16.7. The fraction of sp³-hybridized carbons (Fsp3) is 0.211. The molecular weight excluding hydrogens is 702 g/mol. The van der Waals surface area contributed by atoms with Crippen LogP contribution in [0.4, 0.5) is 0 Å². The second kappa shape index (κ2) is 18.9. The van der Waals surface area contributed by atoms with Gasteiger partial charge in [-0.05, 0) is 76.2 Å². The largest absolute Gasteiger partial charge is 1.00 e. The van der Waals surface area contributed by atoms with Crippen LogP contribution in [0.1, 0.15) is 27.7 Å². The van der Waals surface area contributed by atoms with Crippen molar-refractivity contribution in [3.8, 4) is 70.6 Å². The molecule has 276 valence electrons. The molecule has 0 saturated heterocycles. The molecule has 0 atom stereocenters. The molecule has 1 aliphatic heterocycles. The SMILES string of the molecule is CC[N+](CC)(CC)CC.O.[Cl-].c1ccc(Oc2nc3nc(n2)Oc2cccc(c2)Oc2nc(Oc4ccccc4)nc(n2)Oc2cccc(c2)O3)cc1. The minimum absolute atomic E-state index is 0. The third-order valence-corrected chi connectivity index (χ3v) is 8.18. The zero-order chi connectivity index (χ0) is 35.5. The van der Waals surface area contributed by atoms with E-state index in [4.69, 9.17) is 28.4 Å². The third kappa shape index (κ3) is 11.0. The minimum Gasteiger partial charge on any atom is -1.00 e. The second-order valence-electron chi connectivity index (χ2n) is 11.2. The summed E-state index contributed by atoms with van der Waals surface area (Å²) in [5, 5.41) is 0. The summed E-state index contributed by atoms with van der Waals surface area (Å²) in [6.45, 7) is 14.2. The Morgan fingerprint density at radius 1 is 0.434 bits per heavy atom. The molecule has 0 fully saturated rings. The van der Waals surface area contributed by atoms with E-state index in [0.29, 0.717) is 34.5 Å². The molecule has 0 amide bonds. The van der Waals surface area contributed by atoms with E-state index >= 15 is 0 Å². The Morgan fingerprint density at radius 2 is 0.736 bits per heavy atom. The molecule has 0 aliphatic carbocycles. The van der Waals surface area contributed by atoms with Gasteiger partial charge < -0.3 is 50.8 Å². The van der Waals surface area contributed by atoms with Crippen LogP contribution in [0, 0.1) is 0 Å². The molecule has 0 saturated carbocycles. The van der Waals surface area contributed by atoms with E-state index in [0.717, 1.165) is 0 Å². The molecule has 0 radical (unpaired) electrons. The summed E-state index contributed by atoms with van der Waals surface area (Å²) in [6.07, 6.45) is 0. The minimum atomic E-state index is -0.0661. The van der Waals surface area contributed by atoms with E-state index in [2.05, 4.69) is 57.6 Å². The smallest absolute Gasteiger partial charge is 0.331 e. The van der Waals surface area contributed by atoms with E-state index in [1.54, 1.807) is 72.8 Å². The van der Waals surface area contributed by atoms with Gasteiger partial charge in [0.05, 0.1) is 26.2 Å². The zero-order valence-corrected chi connectivity index (χ0v) is 30.4.